The Labute approximate surface area is 165 Å². The van der Waals surface area contributed by atoms with E-state index in [0.717, 1.165) is 37.3 Å². The summed E-state index contributed by atoms with van der Waals surface area (Å²) in [6.07, 6.45) is 4.60. The molecule has 1 N–H and O–H groups in total. The molecule has 0 saturated heterocycles. The number of amides is 1. The molecule has 0 aliphatic heterocycles. The first-order valence-electron chi connectivity index (χ1n) is 9.95. The molecule has 5 heteroatoms. The van der Waals surface area contributed by atoms with Gasteiger partial charge in [-0.15, -0.1) is 0 Å². The van der Waals surface area contributed by atoms with Crippen LogP contribution in [0, 0.1) is 5.92 Å². The highest BCUT2D eigenvalue weighted by molar-refractivity contribution is 5.87. The summed E-state index contributed by atoms with van der Waals surface area (Å²) in [7, 11) is 1.70. The maximum atomic E-state index is 12.2. The van der Waals surface area contributed by atoms with Gasteiger partial charge in [-0.3, -0.25) is 9.78 Å². The monoisotopic (exact) mass is 377 g/mol. The second-order valence-electron chi connectivity index (χ2n) is 7.82. The summed E-state index contributed by atoms with van der Waals surface area (Å²) in [6, 6.07) is 12.5. The van der Waals surface area contributed by atoms with Crippen molar-refractivity contribution in [1.82, 2.24) is 14.9 Å². The van der Waals surface area contributed by atoms with E-state index in [4.69, 9.17) is 4.74 Å². The van der Waals surface area contributed by atoms with Crippen LogP contribution in [-0.4, -0.2) is 28.6 Å². The number of carbonyl (C=O) groups is 1. The molecule has 1 aliphatic rings. The summed E-state index contributed by atoms with van der Waals surface area (Å²) < 4.78 is 7.85. The van der Waals surface area contributed by atoms with E-state index >= 15 is 0 Å². The van der Waals surface area contributed by atoms with Gasteiger partial charge >= 0.3 is 0 Å². The van der Waals surface area contributed by atoms with E-state index in [2.05, 4.69) is 33.1 Å². The molecule has 28 heavy (non-hydrogen) atoms. The van der Waals surface area contributed by atoms with E-state index < -0.39 is 0 Å². The standard InChI is InChI=1S/C23H27N3O2/c1-15(2)23(27)25-16-7-9-21-19(12-16)20-13-18(28-3)8-10-22(20)26(21)14-17-6-4-5-11-24-17/h4-6,8,10-11,13,15-16H,7,9,12,14H2,1-3H3,(H,25,27). The highest BCUT2D eigenvalue weighted by Gasteiger charge is 2.27. The number of carbonyl (C=O) groups excluding carboxylic acids is 1. The van der Waals surface area contributed by atoms with E-state index in [1.165, 1.54) is 22.2 Å². The van der Waals surface area contributed by atoms with Crippen molar-refractivity contribution in [3.05, 3.63) is 59.5 Å². The third-order valence-corrected chi connectivity index (χ3v) is 5.59. The van der Waals surface area contributed by atoms with Gasteiger partial charge in [-0.2, -0.15) is 0 Å². The minimum atomic E-state index is 0.00647. The van der Waals surface area contributed by atoms with Gasteiger partial charge in [0, 0.05) is 34.8 Å². The van der Waals surface area contributed by atoms with Crippen molar-refractivity contribution >= 4 is 16.8 Å². The number of rotatable bonds is 5. The Balaban J connectivity index is 1.74. The van der Waals surface area contributed by atoms with Gasteiger partial charge in [0.05, 0.1) is 19.3 Å². The van der Waals surface area contributed by atoms with E-state index in [-0.39, 0.29) is 17.9 Å². The third-order valence-electron chi connectivity index (χ3n) is 5.59. The van der Waals surface area contributed by atoms with Gasteiger partial charge in [0.2, 0.25) is 5.91 Å². The molecule has 4 rings (SSSR count). The van der Waals surface area contributed by atoms with Gasteiger partial charge in [-0.1, -0.05) is 19.9 Å². The fourth-order valence-electron chi connectivity index (χ4n) is 4.08. The molecule has 0 spiro atoms. The number of benzene rings is 1. The number of hydrogen-bond donors (Lipinski definition) is 1. The zero-order valence-electron chi connectivity index (χ0n) is 16.7. The number of methoxy groups -OCH3 is 1. The molecule has 1 atom stereocenters. The number of nitrogens with one attached hydrogen (secondary N) is 1. The molecule has 0 fully saturated rings. The van der Waals surface area contributed by atoms with Crippen molar-refractivity contribution in [2.24, 2.45) is 5.92 Å². The first-order valence-corrected chi connectivity index (χ1v) is 9.95. The summed E-state index contributed by atoms with van der Waals surface area (Å²) in [5.74, 6) is 0.994. The van der Waals surface area contributed by atoms with Crippen molar-refractivity contribution in [2.75, 3.05) is 7.11 Å². The Morgan fingerprint density at radius 2 is 2.18 bits per heavy atom. The number of pyridine rings is 1. The lowest BCUT2D eigenvalue weighted by atomic mass is 9.91. The minimum Gasteiger partial charge on any atom is -0.497 e. The normalized spacial score (nSPS) is 16.2. The molecule has 3 aromatic rings. The van der Waals surface area contributed by atoms with Crippen LogP contribution in [0.4, 0.5) is 0 Å². The van der Waals surface area contributed by atoms with Crippen molar-refractivity contribution in [3.63, 3.8) is 0 Å². The molecule has 1 unspecified atom stereocenters. The van der Waals surface area contributed by atoms with Crippen LogP contribution in [0.15, 0.2) is 42.6 Å². The quantitative estimate of drug-likeness (QED) is 0.737. The molecule has 5 nitrogen and oxygen atoms in total. The largest absolute Gasteiger partial charge is 0.497 e. The maximum Gasteiger partial charge on any atom is 0.222 e. The van der Waals surface area contributed by atoms with Crippen LogP contribution in [0.1, 0.15) is 37.2 Å². The minimum absolute atomic E-state index is 0.00647. The van der Waals surface area contributed by atoms with Gasteiger partial charge < -0.3 is 14.6 Å². The predicted octanol–water partition coefficient (Wildman–Crippen LogP) is 3.72. The van der Waals surface area contributed by atoms with Crippen LogP contribution in [-0.2, 0) is 24.2 Å². The number of nitrogens with zero attached hydrogens (tertiary/aromatic N) is 2. The second kappa shape index (κ2) is 7.66. The van der Waals surface area contributed by atoms with Crippen LogP contribution >= 0.6 is 0 Å². The average molecular weight is 377 g/mol. The van der Waals surface area contributed by atoms with E-state index in [1.807, 2.05) is 38.2 Å². The van der Waals surface area contributed by atoms with Crippen molar-refractivity contribution in [3.8, 4) is 5.75 Å². The summed E-state index contributed by atoms with van der Waals surface area (Å²) >= 11 is 0. The molecule has 1 aliphatic carbocycles. The van der Waals surface area contributed by atoms with Gasteiger partial charge in [0.15, 0.2) is 0 Å². The van der Waals surface area contributed by atoms with Crippen LogP contribution in [0.5, 0.6) is 5.75 Å². The van der Waals surface area contributed by atoms with E-state index in [1.54, 1.807) is 7.11 Å². The first-order chi connectivity index (χ1) is 13.6. The number of hydrogen-bond acceptors (Lipinski definition) is 3. The van der Waals surface area contributed by atoms with Crippen molar-refractivity contribution in [2.45, 2.75) is 45.7 Å². The van der Waals surface area contributed by atoms with Crippen LogP contribution < -0.4 is 10.1 Å². The summed E-state index contributed by atoms with van der Waals surface area (Å²) in [6.45, 7) is 4.63. The molecule has 0 radical (unpaired) electrons. The Morgan fingerprint density at radius 3 is 2.89 bits per heavy atom. The smallest absolute Gasteiger partial charge is 0.222 e. The van der Waals surface area contributed by atoms with Gasteiger partial charge in [0.1, 0.15) is 5.75 Å². The van der Waals surface area contributed by atoms with Crippen molar-refractivity contribution in [1.29, 1.82) is 0 Å². The molecule has 2 heterocycles. The van der Waals surface area contributed by atoms with Gasteiger partial charge in [-0.05, 0) is 55.2 Å². The lowest BCUT2D eigenvalue weighted by Gasteiger charge is -2.26. The molecule has 1 aromatic carbocycles. The lowest BCUT2D eigenvalue weighted by Crippen LogP contribution is -2.41. The van der Waals surface area contributed by atoms with Gasteiger partial charge in [0.25, 0.3) is 0 Å². The van der Waals surface area contributed by atoms with Crippen LogP contribution in [0.3, 0.4) is 0 Å². The second-order valence-corrected chi connectivity index (χ2v) is 7.82. The summed E-state index contributed by atoms with van der Waals surface area (Å²) in [5, 5.41) is 4.44. The highest BCUT2D eigenvalue weighted by atomic mass is 16.5. The van der Waals surface area contributed by atoms with E-state index in [0.29, 0.717) is 0 Å². The molecule has 1 amide bonds. The molecule has 0 bridgehead atoms. The third kappa shape index (κ3) is 3.49. The Hall–Kier alpha value is -2.82. The summed E-state index contributed by atoms with van der Waals surface area (Å²) in [5.41, 5.74) is 4.93. The topological polar surface area (TPSA) is 56.1 Å². The number of aromatic nitrogens is 2. The molecular formula is C23H27N3O2. The molecule has 146 valence electrons. The predicted molar refractivity (Wildman–Crippen MR) is 111 cm³/mol. The lowest BCUT2D eigenvalue weighted by molar-refractivity contribution is -0.124. The zero-order chi connectivity index (χ0) is 19.7. The van der Waals surface area contributed by atoms with Crippen LogP contribution in [0.2, 0.25) is 0 Å². The Bertz CT molecular complexity index is 992. The molecular weight excluding hydrogens is 350 g/mol. The molecule has 2 aromatic heterocycles. The Kier molecular flexibility index (Phi) is 5.07. The van der Waals surface area contributed by atoms with E-state index in [9.17, 15) is 4.79 Å². The summed E-state index contributed by atoms with van der Waals surface area (Å²) in [4.78, 5) is 16.7. The van der Waals surface area contributed by atoms with Gasteiger partial charge in [-0.25, -0.2) is 0 Å². The maximum absolute atomic E-state index is 12.2. The zero-order valence-corrected chi connectivity index (χ0v) is 16.7. The number of ether oxygens (including phenoxy) is 1. The molecule has 0 saturated carbocycles. The van der Waals surface area contributed by atoms with Crippen molar-refractivity contribution < 1.29 is 9.53 Å². The SMILES string of the molecule is COc1ccc2c(c1)c1c(n2Cc2ccccn2)CCC(NC(=O)C(C)C)C1. The number of fused-ring (bicyclic) bond motifs is 3. The Morgan fingerprint density at radius 1 is 1.32 bits per heavy atom. The average Bonchev–Trinajstić information content (AvgIpc) is 3.01. The fourth-order valence-corrected chi connectivity index (χ4v) is 4.08. The van der Waals surface area contributed by atoms with Crippen LogP contribution in [0.25, 0.3) is 10.9 Å². The fraction of sp³-hybridized carbons (Fsp3) is 0.391. The first kappa shape index (κ1) is 18.5. The highest BCUT2D eigenvalue weighted by Crippen LogP contribution is 2.35.